The van der Waals surface area contributed by atoms with Crippen molar-refractivity contribution in [2.75, 3.05) is 0 Å². The lowest BCUT2D eigenvalue weighted by Gasteiger charge is -2.10. The van der Waals surface area contributed by atoms with Crippen LogP contribution in [0.1, 0.15) is 24.8 Å². The largest absolute Gasteiger partial charge is 0.481 e. The number of rotatable bonds is 4. The van der Waals surface area contributed by atoms with E-state index in [4.69, 9.17) is 5.11 Å². The summed E-state index contributed by atoms with van der Waals surface area (Å²) in [5.41, 5.74) is 0.444. The van der Waals surface area contributed by atoms with Gasteiger partial charge >= 0.3 is 5.97 Å². The molecule has 1 atom stereocenters. The van der Waals surface area contributed by atoms with Gasteiger partial charge in [-0.1, -0.05) is 12.1 Å². The van der Waals surface area contributed by atoms with E-state index in [1.807, 2.05) is 0 Å². The van der Waals surface area contributed by atoms with E-state index in [9.17, 15) is 14.0 Å². The monoisotopic (exact) mass is 210 g/mol. The summed E-state index contributed by atoms with van der Waals surface area (Å²) in [7, 11) is 0. The SMILES string of the molecule is CC(=O)CC(C(=O)O)c1ccc(F)cc1. The molecule has 1 rings (SSSR count). The van der Waals surface area contributed by atoms with E-state index in [-0.39, 0.29) is 12.2 Å². The first-order valence-corrected chi connectivity index (χ1v) is 4.48. The molecule has 0 aliphatic carbocycles. The zero-order chi connectivity index (χ0) is 11.4. The minimum Gasteiger partial charge on any atom is -0.481 e. The first kappa shape index (κ1) is 11.4. The van der Waals surface area contributed by atoms with Gasteiger partial charge in [0.05, 0.1) is 5.92 Å². The molecule has 0 spiro atoms. The van der Waals surface area contributed by atoms with E-state index in [0.29, 0.717) is 5.56 Å². The predicted molar refractivity (Wildman–Crippen MR) is 52.1 cm³/mol. The molecule has 0 aliphatic heterocycles. The molecule has 0 saturated heterocycles. The van der Waals surface area contributed by atoms with Crippen molar-refractivity contribution < 1.29 is 19.1 Å². The molecular weight excluding hydrogens is 199 g/mol. The minimum atomic E-state index is -1.07. The quantitative estimate of drug-likeness (QED) is 0.826. The zero-order valence-electron chi connectivity index (χ0n) is 8.24. The van der Waals surface area contributed by atoms with E-state index in [1.165, 1.54) is 31.2 Å². The normalized spacial score (nSPS) is 12.1. The first-order valence-electron chi connectivity index (χ1n) is 4.48. The number of carboxylic acids is 1. The maximum absolute atomic E-state index is 12.6. The van der Waals surface area contributed by atoms with Crippen molar-refractivity contribution >= 4 is 11.8 Å². The molecule has 0 amide bonds. The number of aliphatic carboxylic acids is 1. The Morgan fingerprint density at radius 1 is 1.33 bits per heavy atom. The third-order valence-electron chi connectivity index (χ3n) is 2.06. The van der Waals surface area contributed by atoms with Crippen LogP contribution >= 0.6 is 0 Å². The summed E-state index contributed by atoms with van der Waals surface area (Å²) >= 11 is 0. The standard InChI is InChI=1S/C11H11FO3/c1-7(13)6-10(11(14)15)8-2-4-9(12)5-3-8/h2-5,10H,6H2,1H3,(H,14,15). The third kappa shape index (κ3) is 3.16. The molecule has 0 aliphatic rings. The summed E-state index contributed by atoms with van der Waals surface area (Å²) in [5, 5.41) is 8.90. The van der Waals surface area contributed by atoms with Crippen molar-refractivity contribution in [2.45, 2.75) is 19.3 Å². The van der Waals surface area contributed by atoms with Gasteiger partial charge in [-0.25, -0.2) is 4.39 Å². The van der Waals surface area contributed by atoms with Crippen molar-refractivity contribution in [3.05, 3.63) is 35.6 Å². The topological polar surface area (TPSA) is 54.4 Å². The average molecular weight is 210 g/mol. The molecule has 0 saturated carbocycles. The number of ketones is 1. The van der Waals surface area contributed by atoms with Gasteiger partial charge in [-0.15, -0.1) is 0 Å². The van der Waals surface area contributed by atoms with Crippen LogP contribution in [0.2, 0.25) is 0 Å². The van der Waals surface area contributed by atoms with Gasteiger partial charge in [0.2, 0.25) is 0 Å². The van der Waals surface area contributed by atoms with E-state index in [1.54, 1.807) is 0 Å². The molecule has 0 aromatic heterocycles. The van der Waals surface area contributed by atoms with Gasteiger partial charge < -0.3 is 5.11 Å². The van der Waals surface area contributed by atoms with E-state index >= 15 is 0 Å². The second-order valence-corrected chi connectivity index (χ2v) is 3.35. The second kappa shape index (κ2) is 4.68. The molecule has 4 heteroatoms. The van der Waals surface area contributed by atoms with Crippen LogP contribution in [0.25, 0.3) is 0 Å². The number of hydrogen-bond acceptors (Lipinski definition) is 2. The number of Topliss-reactive ketones (excluding diaryl/α,β-unsaturated/α-hetero) is 1. The molecule has 15 heavy (non-hydrogen) atoms. The Bertz CT molecular complexity index is 370. The predicted octanol–water partition coefficient (Wildman–Crippen LogP) is 1.97. The lowest BCUT2D eigenvalue weighted by Crippen LogP contribution is -2.14. The Morgan fingerprint density at radius 3 is 2.27 bits per heavy atom. The summed E-state index contributed by atoms with van der Waals surface area (Å²) < 4.78 is 12.6. The minimum absolute atomic E-state index is 0.0685. The molecule has 1 aromatic carbocycles. The molecule has 0 heterocycles. The van der Waals surface area contributed by atoms with Crippen LogP contribution in [0.15, 0.2) is 24.3 Å². The van der Waals surface area contributed by atoms with Gasteiger partial charge in [0.1, 0.15) is 11.6 Å². The molecule has 1 unspecified atom stereocenters. The molecule has 1 N–H and O–H groups in total. The molecule has 3 nitrogen and oxygen atoms in total. The van der Waals surface area contributed by atoms with Crippen LogP contribution in [0.3, 0.4) is 0 Å². The van der Waals surface area contributed by atoms with Crippen LogP contribution < -0.4 is 0 Å². The Hall–Kier alpha value is -1.71. The first-order chi connectivity index (χ1) is 7.00. The number of halogens is 1. The van der Waals surface area contributed by atoms with Crippen molar-refractivity contribution in [1.29, 1.82) is 0 Å². The van der Waals surface area contributed by atoms with Crippen molar-refractivity contribution in [2.24, 2.45) is 0 Å². The number of carboxylic acid groups (broad SMARTS) is 1. The van der Waals surface area contributed by atoms with Gasteiger partial charge in [-0.3, -0.25) is 9.59 Å². The van der Waals surface area contributed by atoms with E-state index in [2.05, 4.69) is 0 Å². The fourth-order valence-electron chi connectivity index (χ4n) is 1.33. The van der Waals surface area contributed by atoms with Gasteiger partial charge in [-0.2, -0.15) is 0 Å². The highest BCUT2D eigenvalue weighted by Gasteiger charge is 2.21. The smallest absolute Gasteiger partial charge is 0.311 e. The maximum atomic E-state index is 12.6. The fraction of sp³-hybridized carbons (Fsp3) is 0.273. The van der Waals surface area contributed by atoms with Gasteiger partial charge in [0.25, 0.3) is 0 Å². The summed E-state index contributed by atoms with van der Waals surface area (Å²) in [6, 6.07) is 5.14. The Labute approximate surface area is 86.5 Å². The summed E-state index contributed by atoms with van der Waals surface area (Å²) in [4.78, 5) is 21.7. The van der Waals surface area contributed by atoms with Crippen LogP contribution in [0.5, 0.6) is 0 Å². The molecule has 0 fully saturated rings. The zero-order valence-corrected chi connectivity index (χ0v) is 8.24. The second-order valence-electron chi connectivity index (χ2n) is 3.35. The molecule has 0 bridgehead atoms. The Balaban J connectivity index is 2.94. The lowest BCUT2D eigenvalue weighted by atomic mass is 9.94. The third-order valence-corrected chi connectivity index (χ3v) is 2.06. The molecule has 1 aromatic rings. The van der Waals surface area contributed by atoms with Crippen LogP contribution in [-0.4, -0.2) is 16.9 Å². The number of carbonyl (C=O) groups is 2. The number of benzene rings is 1. The van der Waals surface area contributed by atoms with Crippen LogP contribution in [-0.2, 0) is 9.59 Å². The highest BCUT2D eigenvalue weighted by molar-refractivity contribution is 5.85. The summed E-state index contributed by atoms with van der Waals surface area (Å²) in [6.07, 6.45) is -0.0685. The van der Waals surface area contributed by atoms with E-state index < -0.39 is 17.7 Å². The van der Waals surface area contributed by atoms with Gasteiger partial charge in [-0.05, 0) is 24.6 Å². The van der Waals surface area contributed by atoms with Gasteiger partial charge in [0.15, 0.2) is 0 Å². The van der Waals surface area contributed by atoms with Crippen molar-refractivity contribution in [3.8, 4) is 0 Å². The lowest BCUT2D eigenvalue weighted by molar-refractivity contribution is -0.140. The Kier molecular flexibility index (Phi) is 3.55. The summed E-state index contributed by atoms with van der Waals surface area (Å²) in [5.74, 6) is -2.59. The molecule has 80 valence electrons. The van der Waals surface area contributed by atoms with Crippen molar-refractivity contribution in [3.63, 3.8) is 0 Å². The van der Waals surface area contributed by atoms with Crippen molar-refractivity contribution in [1.82, 2.24) is 0 Å². The Morgan fingerprint density at radius 2 is 1.87 bits per heavy atom. The van der Waals surface area contributed by atoms with Crippen LogP contribution in [0, 0.1) is 5.82 Å². The van der Waals surface area contributed by atoms with Gasteiger partial charge in [0, 0.05) is 6.42 Å². The fourth-order valence-corrected chi connectivity index (χ4v) is 1.33. The maximum Gasteiger partial charge on any atom is 0.311 e. The average Bonchev–Trinajstić information content (AvgIpc) is 2.15. The summed E-state index contributed by atoms with van der Waals surface area (Å²) in [6.45, 7) is 1.33. The highest BCUT2D eigenvalue weighted by Crippen LogP contribution is 2.20. The molecule has 0 radical (unpaired) electrons. The number of hydrogen-bond donors (Lipinski definition) is 1. The number of carbonyl (C=O) groups excluding carboxylic acids is 1. The van der Waals surface area contributed by atoms with Crippen LogP contribution in [0.4, 0.5) is 4.39 Å². The van der Waals surface area contributed by atoms with E-state index in [0.717, 1.165) is 0 Å². The highest BCUT2D eigenvalue weighted by atomic mass is 19.1. The molecular formula is C11H11FO3.